The van der Waals surface area contributed by atoms with Crippen molar-refractivity contribution in [2.45, 2.75) is 31.7 Å². The number of hydrogen-bond acceptors (Lipinski definition) is 5. The summed E-state index contributed by atoms with van der Waals surface area (Å²) in [6, 6.07) is 9.99. The smallest absolute Gasteiger partial charge is 0.134 e. The van der Waals surface area contributed by atoms with Gasteiger partial charge in [-0.3, -0.25) is 0 Å². The number of anilines is 2. The zero-order valence-electron chi connectivity index (χ0n) is 13.7. The standard InChI is InChI=1S/C18H23ClN4O/c19-16-7-2-1-5-14(16)8-9-20-17-11-18(22-13-21-17)23-10-4-3-6-15(23)12-24/h1-2,5,7,11,13,15,24H,3-4,6,8-10,12H2,(H,20,21,22). The maximum Gasteiger partial charge on any atom is 0.134 e. The SMILES string of the molecule is OCC1CCCCN1c1cc(NCCc2ccccc2Cl)ncn1. The number of aromatic nitrogens is 2. The molecule has 24 heavy (non-hydrogen) atoms. The quantitative estimate of drug-likeness (QED) is 0.841. The molecule has 0 spiro atoms. The number of halogens is 1. The van der Waals surface area contributed by atoms with Gasteiger partial charge in [-0.1, -0.05) is 29.8 Å². The topological polar surface area (TPSA) is 61.3 Å². The van der Waals surface area contributed by atoms with Crippen molar-refractivity contribution in [1.82, 2.24) is 9.97 Å². The molecule has 0 amide bonds. The molecule has 5 nitrogen and oxygen atoms in total. The van der Waals surface area contributed by atoms with Gasteiger partial charge in [0.15, 0.2) is 0 Å². The number of nitrogens with zero attached hydrogens (tertiary/aromatic N) is 3. The molecule has 1 aliphatic heterocycles. The van der Waals surface area contributed by atoms with E-state index < -0.39 is 0 Å². The van der Waals surface area contributed by atoms with Gasteiger partial charge in [0.05, 0.1) is 12.6 Å². The molecule has 1 aliphatic rings. The van der Waals surface area contributed by atoms with Crippen LogP contribution in [0.4, 0.5) is 11.6 Å². The van der Waals surface area contributed by atoms with Gasteiger partial charge in [-0.15, -0.1) is 0 Å². The second-order valence-electron chi connectivity index (χ2n) is 6.06. The summed E-state index contributed by atoms with van der Waals surface area (Å²) in [4.78, 5) is 10.9. The maximum absolute atomic E-state index is 9.57. The zero-order valence-corrected chi connectivity index (χ0v) is 14.4. The Morgan fingerprint density at radius 1 is 1.25 bits per heavy atom. The van der Waals surface area contributed by atoms with E-state index in [-0.39, 0.29) is 12.6 Å². The van der Waals surface area contributed by atoms with E-state index in [2.05, 4.69) is 20.2 Å². The summed E-state index contributed by atoms with van der Waals surface area (Å²) in [5.41, 5.74) is 1.12. The molecule has 128 valence electrons. The number of aliphatic hydroxyl groups excluding tert-OH is 1. The van der Waals surface area contributed by atoms with Gasteiger partial charge in [0.2, 0.25) is 0 Å². The van der Waals surface area contributed by atoms with Crippen molar-refractivity contribution in [2.24, 2.45) is 0 Å². The Balaban J connectivity index is 1.62. The lowest BCUT2D eigenvalue weighted by atomic mass is 10.0. The highest BCUT2D eigenvalue weighted by atomic mass is 35.5. The summed E-state index contributed by atoms with van der Waals surface area (Å²) >= 11 is 6.18. The van der Waals surface area contributed by atoms with Crippen LogP contribution in [0.5, 0.6) is 0 Å². The summed E-state index contributed by atoms with van der Waals surface area (Å²) in [6.07, 6.45) is 5.72. The minimum Gasteiger partial charge on any atom is -0.394 e. The van der Waals surface area contributed by atoms with Crippen LogP contribution in [0.25, 0.3) is 0 Å². The largest absolute Gasteiger partial charge is 0.394 e. The van der Waals surface area contributed by atoms with Gasteiger partial charge in [-0.25, -0.2) is 9.97 Å². The van der Waals surface area contributed by atoms with Crippen molar-refractivity contribution in [1.29, 1.82) is 0 Å². The average molecular weight is 347 g/mol. The van der Waals surface area contributed by atoms with Crippen LogP contribution in [-0.2, 0) is 6.42 Å². The molecule has 0 aliphatic carbocycles. The fourth-order valence-corrected chi connectivity index (χ4v) is 3.35. The van der Waals surface area contributed by atoms with Crippen LogP contribution in [-0.4, -0.2) is 40.8 Å². The van der Waals surface area contributed by atoms with Crippen LogP contribution in [0.1, 0.15) is 24.8 Å². The Morgan fingerprint density at radius 3 is 2.96 bits per heavy atom. The molecule has 0 bridgehead atoms. The molecular weight excluding hydrogens is 324 g/mol. The van der Waals surface area contributed by atoms with Gasteiger partial charge < -0.3 is 15.3 Å². The number of piperidine rings is 1. The minimum atomic E-state index is 0.157. The molecule has 3 rings (SSSR count). The van der Waals surface area contributed by atoms with Crippen LogP contribution in [0.15, 0.2) is 36.7 Å². The first-order valence-electron chi connectivity index (χ1n) is 8.45. The normalized spacial score (nSPS) is 17.8. The van der Waals surface area contributed by atoms with Crippen LogP contribution in [0.3, 0.4) is 0 Å². The monoisotopic (exact) mass is 346 g/mol. The van der Waals surface area contributed by atoms with Gasteiger partial charge in [-0.2, -0.15) is 0 Å². The highest BCUT2D eigenvalue weighted by molar-refractivity contribution is 6.31. The first-order chi connectivity index (χ1) is 11.8. The first-order valence-corrected chi connectivity index (χ1v) is 8.82. The van der Waals surface area contributed by atoms with E-state index in [1.165, 1.54) is 0 Å². The molecule has 1 unspecified atom stereocenters. The molecule has 2 heterocycles. The molecule has 2 aromatic rings. The Bertz CT molecular complexity index is 667. The van der Waals surface area contributed by atoms with Gasteiger partial charge in [0.1, 0.15) is 18.0 Å². The third-order valence-corrected chi connectivity index (χ3v) is 4.81. The maximum atomic E-state index is 9.57. The number of benzene rings is 1. The number of nitrogens with one attached hydrogen (secondary N) is 1. The second kappa shape index (κ2) is 8.31. The Morgan fingerprint density at radius 2 is 2.12 bits per heavy atom. The van der Waals surface area contributed by atoms with Crippen LogP contribution in [0, 0.1) is 0 Å². The van der Waals surface area contributed by atoms with Crippen LogP contribution < -0.4 is 10.2 Å². The van der Waals surface area contributed by atoms with E-state index >= 15 is 0 Å². The lowest BCUT2D eigenvalue weighted by Crippen LogP contribution is -2.42. The lowest BCUT2D eigenvalue weighted by Gasteiger charge is -2.35. The lowest BCUT2D eigenvalue weighted by molar-refractivity contribution is 0.239. The van der Waals surface area contributed by atoms with E-state index in [1.807, 2.05) is 30.3 Å². The van der Waals surface area contributed by atoms with E-state index in [4.69, 9.17) is 11.6 Å². The Labute approximate surface area is 147 Å². The Hall–Kier alpha value is -1.85. The van der Waals surface area contributed by atoms with Crippen molar-refractivity contribution < 1.29 is 5.11 Å². The summed E-state index contributed by atoms with van der Waals surface area (Å²) in [7, 11) is 0. The fraction of sp³-hybridized carbons (Fsp3) is 0.444. The molecule has 0 radical (unpaired) electrons. The van der Waals surface area contributed by atoms with Crippen LogP contribution in [0.2, 0.25) is 5.02 Å². The number of aliphatic hydroxyl groups is 1. The highest BCUT2D eigenvalue weighted by Gasteiger charge is 2.23. The molecule has 6 heteroatoms. The summed E-state index contributed by atoms with van der Waals surface area (Å²) in [5, 5.41) is 13.7. The first kappa shape index (κ1) is 17.0. The summed E-state index contributed by atoms with van der Waals surface area (Å²) < 4.78 is 0. The van der Waals surface area contributed by atoms with Crippen molar-refractivity contribution >= 4 is 23.2 Å². The summed E-state index contributed by atoms with van der Waals surface area (Å²) in [5.74, 6) is 1.68. The van der Waals surface area contributed by atoms with Crippen molar-refractivity contribution in [2.75, 3.05) is 29.9 Å². The predicted octanol–water partition coefficient (Wildman–Crippen LogP) is 3.14. The second-order valence-corrected chi connectivity index (χ2v) is 6.46. The molecule has 1 aromatic heterocycles. The van der Waals surface area contributed by atoms with E-state index in [0.29, 0.717) is 0 Å². The Kier molecular flexibility index (Phi) is 5.88. The molecule has 2 N–H and O–H groups in total. The van der Waals surface area contributed by atoms with Crippen molar-refractivity contribution in [3.63, 3.8) is 0 Å². The summed E-state index contributed by atoms with van der Waals surface area (Å²) in [6.45, 7) is 1.85. The minimum absolute atomic E-state index is 0.157. The van der Waals surface area contributed by atoms with Gasteiger partial charge >= 0.3 is 0 Å². The molecular formula is C18H23ClN4O. The van der Waals surface area contributed by atoms with Gasteiger partial charge in [0, 0.05) is 24.2 Å². The molecule has 1 fully saturated rings. The predicted molar refractivity (Wildman–Crippen MR) is 97.7 cm³/mol. The van der Waals surface area contributed by atoms with E-state index in [9.17, 15) is 5.11 Å². The zero-order chi connectivity index (χ0) is 16.8. The average Bonchev–Trinajstić information content (AvgIpc) is 2.63. The fourth-order valence-electron chi connectivity index (χ4n) is 3.12. The van der Waals surface area contributed by atoms with Crippen molar-refractivity contribution in [3.05, 3.63) is 47.2 Å². The van der Waals surface area contributed by atoms with E-state index in [0.717, 1.165) is 61.0 Å². The van der Waals surface area contributed by atoms with E-state index in [1.54, 1.807) is 6.33 Å². The number of rotatable bonds is 6. The highest BCUT2D eigenvalue weighted by Crippen LogP contribution is 2.24. The van der Waals surface area contributed by atoms with Gasteiger partial charge in [-0.05, 0) is 37.3 Å². The van der Waals surface area contributed by atoms with Crippen LogP contribution >= 0.6 is 11.6 Å². The van der Waals surface area contributed by atoms with Crippen molar-refractivity contribution in [3.8, 4) is 0 Å². The molecule has 1 aromatic carbocycles. The molecule has 1 atom stereocenters. The molecule has 1 saturated heterocycles. The van der Waals surface area contributed by atoms with Gasteiger partial charge in [0.25, 0.3) is 0 Å². The third kappa shape index (κ3) is 4.16. The third-order valence-electron chi connectivity index (χ3n) is 4.44. The molecule has 0 saturated carbocycles. The number of hydrogen-bond donors (Lipinski definition) is 2.